The number of aromatic nitrogens is 1. The van der Waals surface area contributed by atoms with Gasteiger partial charge in [0.05, 0.1) is 10.6 Å². The number of phenols is 2. The topological polar surface area (TPSA) is 92.5 Å². The fourth-order valence-electron chi connectivity index (χ4n) is 1.24. The zero-order chi connectivity index (χ0) is 11.9. The number of halogens is 2. The van der Waals surface area contributed by atoms with Crippen LogP contribution in [-0.2, 0) is 0 Å². The molecule has 2 rings (SSSR count). The molecule has 0 amide bonds. The minimum absolute atomic E-state index is 0.0479. The molecule has 1 aromatic carbocycles. The number of aromatic hydroxyl groups is 2. The number of benzene rings is 1. The van der Waals surface area contributed by atoms with Crippen molar-refractivity contribution >= 4 is 17.5 Å². The van der Waals surface area contributed by atoms with Gasteiger partial charge in [-0.05, 0) is 0 Å². The molecule has 16 heavy (non-hydrogen) atoms. The Hall–Kier alpha value is -1.95. The van der Waals surface area contributed by atoms with Crippen LogP contribution in [0.15, 0.2) is 16.7 Å². The standard InChI is InChI=1S/C9H6ClFN2O3/c10-3-1-5(14)9(15)7(8(3)11)4-2-6(12)16-13-4/h1-2,14-15H,12H2. The second kappa shape index (κ2) is 3.57. The molecular weight excluding hydrogens is 239 g/mol. The summed E-state index contributed by atoms with van der Waals surface area (Å²) in [6.45, 7) is 0. The van der Waals surface area contributed by atoms with Gasteiger partial charge in [-0.25, -0.2) is 4.39 Å². The Bertz CT molecular complexity index is 530. The van der Waals surface area contributed by atoms with Gasteiger partial charge in [-0.2, -0.15) is 0 Å². The molecule has 0 aliphatic heterocycles. The van der Waals surface area contributed by atoms with Crippen LogP contribution < -0.4 is 5.73 Å². The van der Waals surface area contributed by atoms with Crippen molar-refractivity contribution < 1.29 is 19.1 Å². The lowest BCUT2D eigenvalue weighted by molar-refractivity contribution is 0.400. The van der Waals surface area contributed by atoms with E-state index in [0.717, 1.165) is 6.07 Å². The van der Waals surface area contributed by atoms with E-state index in [0.29, 0.717) is 0 Å². The molecule has 0 spiro atoms. The van der Waals surface area contributed by atoms with Gasteiger partial charge in [-0.15, -0.1) is 0 Å². The Morgan fingerprint density at radius 1 is 1.38 bits per heavy atom. The normalized spacial score (nSPS) is 10.6. The van der Waals surface area contributed by atoms with E-state index >= 15 is 0 Å². The fourth-order valence-corrected chi connectivity index (χ4v) is 1.44. The van der Waals surface area contributed by atoms with Crippen molar-refractivity contribution in [2.75, 3.05) is 5.73 Å². The van der Waals surface area contributed by atoms with E-state index in [1.54, 1.807) is 0 Å². The summed E-state index contributed by atoms with van der Waals surface area (Å²) in [5, 5.41) is 21.9. The number of rotatable bonds is 1. The van der Waals surface area contributed by atoms with Gasteiger partial charge in [0, 0.05) is 12.1 Å². The molecule has 0 bridgehead atoms. The molecule has 2 aromatic rings. The molecule has 0 radical (unpaired) electrons. The molecule has 0 saturated heterocycles. The molecule has 0 fully saturated rings. The molecular formula is C9H6ClFN2O3. The smallest absolute Gasteiger partial charge is 0.222 e. The lowest BCUT2D eigenvalue weighted by atomic mass is 10.1. The quantitative estimate of drug-likeness (QED) is 0.668. The molecule has 5 nitrogen and oxygen atoms in total. The highest BCUT2D eigenvalue weighted by molar-refractivity contribution is 6.31. The van der Waals surface area contributed by atoms with E-state index in [9.17, 15) is 14.6 Å². The van der Waals surface area contributed by atoms with Crippen LogP contribution in [0.3, 0.4) is 0 Å². The molecule has 1 aromatic heterocycles. The molecule has 0 aliphatic carbocycles. The van der Waals surface area contributed by atoms with Crippen LogP contribution in [0, 0.1) is 5.82 Å². The van der Waals surface area contributed by atoms with Gasteiger partial charge in [0.2, 0.25) is 5.88 Å². The maximum atomic E-state index is 13.6. The molecule has 0 saturated carbocycles. The number of nitrogen functional groups attached to an aromatic ring is 1. The summed E-state index contributed by atoms with van der Waals surface area (Å²) in [6, 6.07) is 2.09. The van der Waals surface area contributed by atoms with E-state index in [4.69, 9.17) is 17.3 Å². The highest BCUT2D eigenvalue weighted by Gasteiger charge is 2.21. The first-order chi connectivity index (χ1) is 7.50. The zero-order valence-electron chi connectivity index (χ0n) is 7.74. The van der Waals surface area contributed by atoms with E-state index < -0.39 is 17.3 Å². The van der Waals surface area contributed by atoms with E-state index in [1.807, 2.05) is 0 Å². The molecule has 84 valence electrons. The summed E-state index contributed by atoms with van der Waals surface area (Å²) in [5.41, 5.74) is 4.86. The Kier molecular flexibility index (Phi) is 2.35. The van der Waals surface area contributed by atoms with Crippen LogP contribution in [0.4, 0.5) is 10.3 Å². The van der Waals surface area contributed by atoms with Crippen molar-refractivity contribution in [1.82, 2.24) is 5.16 Å². The highest BCUT2D eigenvalue weighted by Crippen LogP contribution is 2.41. The van der Waals surface area contributed by atoms with Crippen molar-refractivity contribution in [2.45, 2.75) is 0 Å². The third-order valence-corrected chi connectivity index (χ3v) is 2.23. The molecule has 1 heterocycles. The minimum Gasteiger partial charge on any atom is -0.504 e. The summed E-state index contributed by atoms with van der Waals surface area (Å²) < 4.78 is 18.1. The monoisotopic (exact) mass is 244 g/mol. The lowest BCUT2D eigenvalue weighted by Gasteiger charge is -2.06. The van der Waals surface area contributed by atoms with Crippen LogP contribution in [0.2, 0.25) is 5.02 Å². The van der Waals surface area contributed by atoms with Crippen molar-refractivity contribution in [3.8, 4) is 22.8 Å². The third kappa shape index (κ3) is 1.53. The predicted octanol–water partition coefficient (Wildman–Crippen LogP) is 2.13. The SMILES string of the molecule is Nc1cc(-c2c(O)c(O)cc(Cl)c2F)no1. The zero-order valence-corrected chi connectivity index (χ0v) is 8.49. The first-order valence-corrected chi connectivity index (χ1v) is 4.51. The van der Waals surface area contributed by atoms with Crippen LogP contribution in [0.5, 0.6) is 11.5 Å². The number of anilines is 1. The number of hydrogen-bond donors (Lipinski definition) is 3. The average molecular weight is 245 g/mol. The average Bonchev–Trinajstić information content (AvgIpc) is 2.62. The molecule has 0 atom stereocenters. The van der Waals surface area contributed by atoms with E-state index in [1.165, 1.54) is 6.07 Å². The maximum Gasteiger partial charge on any atom is 0.222 e. The third-order valence-electron chi connectivity index (χ3n) is 1.96. The second-order valence-electron chi connectivity index (χ2n) is 3.03. The number of nitrogens with two attached hydrogens (primary N) is 1. The lowest BCUT2D eigenvalue weighted by Crippen LogP contribution is -1.88. The number of hydrogen-bond acceptors (Lipinski definition) is 5. The van der Waals surface area contributed by atoms with Gasteiger partial charge in [0.15, 0.2) is 17.3 Å². The van der Waals surface area contributed by atoms with Crippen LogP contribution in [0.25, 0.3) is 11.3 Å². The van der Waals surface area contributed by atoms with Crippen LogP contribution >= 0.6 is 11.6 Å². The first-order valence-electron chi connectivity index (χ1n) is 4.13. The summed E-state index contributed by atoms with van der Waals surface area (Å²) in [5.74, 6) is -2.18. The Morgan fingerprint density at radius 3 is 2.62 bits per heavy atom. The number of nitrogens with zero attached hydrogens (tertiary/aromatic N) is 1. The first kappa shape index (κ1) is 10.6. The van der Waals surface area contributed by atoms with E-state index in [2.05, 4.69) is 9.68 Å². The van der Waals surface area contributed by atoms with Crippen molar-refractivity contribution in [1.29, 1.82) is 0 Å². The maximum absolute atomic E-state index is 13.6. The van der Waals surface area contributed by atoms with Crippen molar-refractivity contribution in [3.63, 3.8) is 0 Å². The summed E-state index contributed by atoms with van der Waals surface area (Å²) in [4.78, 5) is 0. The molecule has 0 aliphatic rings. The van der Waals surface area contributed by atoms with E-state index in [-0.39, 0.29) is 22.2 Å². The van der Waals surface area contributed by atoms with Crippen molar-refractivity contribution in [2.24, 2.45) is 0 Å². The molecule has 7 heteroatoms. The molecule has 4 N–H and O–H groups in total. The van der Waals surface area contributed by atoms with Gasteiger partial charge in [-0.3, -0.25) is 0 Å². The van der Waals surface area contributed by atoms with Gasteiger partial charge in [0.1, 0.15) is 5.69 Å². The Morgan fingerprint density at radius 2 is 2.06 bits per heavy atom. The van der Waals surface area contributed by atoms with Gasteiger partial charge < -0.3 is 20.5 Å². The fraction of sp³-hybridized carbons (Fsp3) is 0. The predicted molar refractivity (Wildman–Crippen MR) is 54.6 cm³/mol. The highest BCUT2D eigenvalue weighted by atomic mass is 35.5. The summed E-state index contributed by atoms with van der Waals surface area (Å²) >= 11 is 5.51. The van der Waals surface area contributed by atoms with Crippen molar-refractivity contribution in [3.05, 3.63) is 23.0 Å². The Labute approximate surface area is 93.9 Å². The number of phenolic OH excluding ortho intramolecular Hbond substituents is 2. The summed E-state index contributed by atoms with van der Waals surface area (Å²) in [7, 11) is 0. The van der Waals surface area contributed by atoms with Gasteiger partial charge in [0.25, 0.3) is 0 Å². The largest absolute Gasteiger partial charge is 0.504 e. The van der Waals surface area contributed by atoms with Crippen LogP contribution in [-0.4, -0.2) is 15.4 Å². The summed E-state index contributed by atoms with van der Waals surface area (Å²) in [6.07, 6.45) is 0. The van der Waals surface area contributed by atoms with Gasteiger partial charge >= 0.3 is 0 Å². The molecule has 0 unspecified atom stereocenters. The minimum atomic E-state index is -0.912. The van der Waals surface area contributed by atoms with Gasteiger partial charge in [-0.1, -0.05) is 16.8 Å². The second-order valence-corrected chi connectivity index (χ2v) is 3.44. The Balaban J connectivity index is 2.73. The van der Waals surface area contributed by atoms with Crippen LogP contribution in [0.1, 0.15) is 0 Å².